The van der Waals surface area contributed by atoms with Crippen molar-refractivity contribution in [2.75, 3.05) is 0 Å². The fourth-order valence-corrected chi connectivity index (χ4v) is 2.52. The summed E-state index contributed by atoms with van der Waals surface area (Å²) in [6, 6.07) is 0.447. The smallest absolute Gasteiger partial charge is 0.326 e. The van der Waals surface area contributed by atoms with Crippen molar-refractivity contribution in [1.82, 2.24) is 5.32 Å². The summed E-state index contributed by atoms with van der Waals surface area (Å²) in [6.07, 6.45) is -0.448. The minimum atomic E-state index is -1.24. The van der Waals surface area contributed by atoms with Crippen molar-refractivity contribution in [2.45, 2.75) is 18.9 Å². The number of amides is 1. The number of hydrogen-bond acceptors (Lipinski definition) is 4. The van der Waals surface area contributed by atoms with E-state index in [1.165, 1.54) is 11.3 Å². The van der Waals surface area contributed by atoms with Crippen LogP contribution in [0.25, 0.3) is 0 Å². The van der Waals surface area contributed by atoms with Gasteiger partial charge in [-0.1, -0.05) is 0 Å². The van der Waals surface area contributed by atoms with Gasteiger partial charge in [-0.05, 0) is 35.1 Å². The minimum Gasteiger partial charge on any atom is -0.481 e. The first-order valence-electron chi connectivity index (χ1n) is 4.89. The zero-order valence-corrected chi connectivity index (χ0v) is 12.0. The highest BCUT2D eigenvalue weighted by atomic mass is 127. The van der Waals surface area contributed by atoms with Gasteiger partial charge in [0.25, 0.3) is 5.91 Å². The summed E-state index contributed by atoms with van der Waals surface area (Å²) >= 11 is 3.42. The van der Waals surface area contributed by atoms with Crippen LogP contribution in [-0.4, -0.2) is 34.1 Å². The van der Waals surface area contributed by atoms with Crippen LogP contribution < -0.4 is 5.32 Å². The molecule has 1 rings (SSSR count). The van der Waals surface area contributed by atoms with Gasteiger partial charge < -0.3 is 15.5 Å². The van der Waals surface area contributed by atoms with Crippen LogP contribution >= 0.6 is 33.9 Å². The highest BCUT2D eigenvalue weighted by Crippen LogP contribution is 2.16. The molecule has 0 fully saturated rings. The molecule has 0 saturated heterocycles. The van der Waals surface area contributed by atoms with Crippen molar-refractivity contribution in [2.24, 2.45) is 0 Å². The standard InChI is InChI=1S/C10H10INO5S/c11-7-3-5(4-18-7)9(15)12-6(10(16)17)1-2-8(13)14/h3-4,6H,1-2H2,(H,12,15)(H,13,14)(H,16,17)/t6-/m0/s1. The molecule has 0 aliphatic carbocycles. The molecule has 1 amide bonds. The van der Waals surface area contributed by atoms with Gasteiger partial charge in [0.1, 0.15) is 6.04 Å². The van der Waals surface area contributed by atoms with Crippen LogP contribution in [-0.2, 0) is 9.59 Å². The topological polar surface area (TPSA) is 104 Å². The lowest BCUT2D eigenvalue weighted by Gasteiger charge is -2.12. The lowest BCUT2D eigenvalue weighted by atomic mass is 10.1. The summed E-state index contributed by atoms with van der Waals surface area (Å²) in [6.45, 7) is 0. The second-order valence-electron chi connectivity index (χ2n) is 3.44. The molecule has 3 N–H and O–H groups in total. The molecule has 1 aromatic rings. The third-order valence-electron chi connectivity index (χ3n) is 2.08. The van der Waals surface area contributed by atoms with Crippen LogP contribution in [0.15, 0.2) is 11.4 Å². The lowest BCUT2D eigenvalue weighted by molar-refractivity contribution is -0.140. The fraction of sp³-hybridized carbons (Fsp3) is 0.300. The maximum atomic E-state index is 11.7. The lowest BCUT2D eigenvalue weighted by Crippen LogP contribution is -2.40. The molecule has 0 aromatic carbocycles. The summed E-state index contributed by atoms with van der Waals surface area (Å²) < 4.78 is 0.912. The van der Waals surface area contributed by atoms with Crippen molar-refractivity contribution in [3.63, 3.8) is 0 Å². The number of halogens is 1. The molecule has 0 unspecified atom stereocenters. The predicted octanol–water partition coefficient (Wildman–Crippen LogP) is 1.40. The summed E-state index contributed by atoms with van der Waals surface area (Å²) in [5, 5.41) is 21.3. The maximum absolute atomic E-state index is 11.7. The van der Waals surface area contributed by atoms with Gasteiger partial charge in [-0.2, -0.15) is 0 Å². The molecule has 0 bridgehead atoms. The molecule has 1 heterocycles. The van der Waals surface area contributed by atoms with Gasteiger partial charge in [0, 0.05) is 11.8 Å². The van der Waals surface area contributed by atoms with Crippen LogP contribution in [0, 0.1) is 2.88 Å². The third-order valence-corrected chi connectivity index (χ3v) is 3.87. The maximum Gasteiger partial charge on any atom is 0.326 e. The molecule has 1 aromatic heterocycles. The van der Waals surface area contributed by atoms with E-state index in [9.17, 15) is 14.4 Å². The predicted molar refractivity (Wildman–Crippen MR) is 72.8 cm³/mol. The largest absolute Gasteiger partial charge is 0.481 e. The number of hydrogen-bond donors (Lipinski definition) is 3. The molecule has 8 heteroatoms. The van der Waals surface area contributed by atoms with Gasteiger partial charge >= 0.3 is 11.9 Å². The Hall–Kier alpha value is -1.16. The van der Waals surface area contributed by atoms with Crippen LogP contribution in [0.3, 0.4) is 0 Å². The van der Waals surface area contributed by atoms with Gasteiger partial charge in [0.05, 0.1) is 8.45 Å². The summed E-state index contributed by atoms with van der Waals surface area (Å²) in [5.74, 6) is -2.85. The highest BCUT2D eigenvalue weighted by molar-refractivity contribution is 14.1. The van der Waals surface area contributed by atoms with Gasteiger partial charge in [-0.25, -0.2) is 4.79 Å². The number of carbonyl (C=O) groups is 3. The quantitative estimate of drug-likeness (QED) is 0.645. The number of carbonyl (C=O) groups excluding carboxylic acids is 1. The first kappa shape index (κ1) is 14.9. The normalized spacial score (nSPS) is 11.8. The molecule has 0 aliphatic rings. The van der Waals surface area contributed by atoms with E-state index in [1.807, 2.05) is 0 Å². The van der Waals surface area contributed by atoms with Gasteiger partial charge in [-0.3, -0.25) is 9.59 Å². The Morgan fingerprint density at radius 2 is 2.06 bits per heavy atom. The Labute approximate surface area is 120 Å². The van der Waals surface area contributed by atoms with Gasteiger partial charge in [0.15, 0.2) is 0 Å². The molecule has 0 aliphatic heterocycles. The number of carboxylic acid groups (broad SMARTS) is 2. The fourth-order valence-electron chi connectivity index (χ4n) is 1.20. The van der Waals surface area contributed by atoms with E-state index in [0.717, 1.165) is 2.88 Å². The molecular weight excluding hydrogens is 373 g/mol. The van der Waals surface area contributed by atoms with E-state index in [1.54, 1.807) is 11.4 Å². The highest BCUT2D eigenvalue weighted by Gasteiger charge is 2.21. The minimum absolute atomic E-state index is 0.141. The molecule has 1 atom stereocenters. The average molecular weight is 383 g/mol. The van der Waals surface area contributed by atoms with E-state index in [0.29, 0.717) is 5.56 Å². The number of thiophene rings is 1. The Bertz CT molecular complexity index is 473. The second-order valence-corrected chi connectivity index (χ2v) is 6.24. The van der Waals surface area contributed by atoms with Gasteiger partial charge in [0.2, 0.25) is 0 Å². The molecular formula is C10H10INO5S. The van der Waals surface area contributed by atoms with Crippen molar-refractivity contribution in [3.8, 4) is 0 Å². The molecule has 18 heavy (non-hydrogen) atoms. The Balaban J connectivity index is 2.63. The third kappa shape index (κ3) is 4.61. The zero-order valence-electron chi connectivity index (χ0n) is 9.05. The number of carboxylic acids is 2. The molecule has 6 nitrogen and oxygen atoms in total. The number of aliphatic carboxylic acids is 2. The van der Waals surface area contributed by atoms with E-state index in [4.69, 9.17) is 10.2 Å². The molecule has 98 valence electrons. The van der Waals surface area contributed by atoms with Crippen molar-refractivity contribution in [3.05, 3.63) is 19.9 Å². The van der Waals surface area contributed by atoms with E-state index in [-0.39, 0.29) is 12.8 Å². The van der Waals surface area contributed by atoms with Crippen molar-refractivity contribution < 1.29 is 24.6 Å². The number of rotatable bonds is 6. The van der Waals surface area contributed by atoms with E-state index < -0.39 is 23.9 Å². The summed E-state index contributed by atoms with van der Waals surface area (Å²) in [4.78, 5) is 33.0. The number of nitrogens with one attached hydrogen (secondary N) is 1. The van der Waals surface area contributed by atoms with Gasteiger partial charge in [-0.15, -0.1) is 11.3 Å². The summed E-state index contributed by atoms with van der Waals surface area (Å²) in [7, 11) is 0. The van der Waals surface area contributed by atoms with Crippen molar-refractivity contribution in [1.29, 1.82) is 0 Å². The van der Waals surface area contributed by atoms with Crippen LogP contribution in [0.2, 0.25) is 0 Å². The van der Waals surface area contributed by atoms with E-state index >= 15 is 0 Å². The Kier molecular flexibility index (Phi) is 5.54. The Morgan fingerprint density at radius 3 is 2.50 bits per heavy atom. The molecule has 0 radical (unpaired) electrons. The second kappa shape index (κ2) is 6.69. The van der Waals surface area contributed by atoms with E-state index in [2.05, 4.69) is 27.9 Å². The molecule has 0 saturated carbocycles. The van der Waals surface area contributed by atoms with Crippen LogP contribution in [0.4, 0.5) is 0 Å². The Morgan fingerprint density at radius 1 is 1.39 bits per heavy atom. The van der Waals surface area contributed by atoms with Crippen LogP contribution in [0.1, 0.15) is 23.2 Å². The SMILES string of the molecule is O=C(O)CC[C@H](NC(=O)c1csc(I)c1)C(=O)O. The van der Waals surface area contributed by atoms with Crippen LogP contribution in [0.5, 0.6) is 0 Å². The molecule has 0 spiro atoms. The first-order chi connectivity index (χ1) is 8.40. The first-order valence-corrected chi connectivity index (χ1v) is 6.85. The van der Waals surface area contributed by atoms with Crippen molar-refractivity contribution >= 4 is 51.8 Å². The summed E-state index contributed by atoms with van der Waals surface area (Å²) in [5.41, 5.74) is 0.381. The monoisotopic (exact) mass is 383 g/mol. The zero-order chi connectivity index (χ0) is 13.7. The average Bonchev–Trinajstić information content (AvgIpc) is 2.70.